The van der Waals surface area contributed by atoms with Gasteiger partial charge >= 0.3 is 0 Å². The molecule has 1 aromatic rings. The van der Waals surface area contributed by atoms with E-state index < -0.39 is 0 Å². The van der Waals surface area contributed by atoms with Gasteiger partial charge in [-0.3, -0.25) is 4.79 Å². The van der Waals surface area contributed by atoms with Crippen molar-refractivity contribution in [2.75, 3.05) is 26.7 Å². The number of hydrogen-bond donors (Lipinski definition) is 1. The molecule has 0 aliphatic carbocycles. The van der Waals surface area contributed by atoms with Crippen LogP contribution in [0.2, 0.25) is 5.02 Å². The van der Waals surface area contributed by atoms with Gasteiger partial charge in [0.25, 0.3) is 5.91 Å². The normalized spacial score (nSPS) is 15.2. The lowest BCUT2D eigenvalue weighted by molar-refractivity contribution is -0.135. The fourth-order valence-electron chi connectivity index (χ4n) is 1.55. The lowest BCUT2D eigenvalue weighted by Gasteiger charge is -2.35. The summed E-state index contributed by atoms with van der Waals surface area (Å²) in [6.07, 6.45) is 0. The molecule has 5 heteroatoms. The van der Waals surface area contributed by atoms with E-state index in [1.165, 1.54) is 0 Å². The van der Waals surface area contributed by atoms with Crippen LogP contribution in [0.25, 0.3) is 0 Å². The highest BCUT2D eigenvalue weighted by Gasteiger charge is 2.25. The van der Waals surface area contributed by atoms with Crippen molar-refractivity contribution in [3.05, 3.63) is 29.3 Å². The zero-order chi connectivity index (χ0) is 12.3. The summed E-state index contributed by atoms with van der Waals surface area (Å²) in [7, 11) is 1.80. The van der Waals surface area contributed by atoms with Gasteiger partial charge in [-0.05, 0) is 18.2 Å². The van der Waals surface area contributed by atoms with Crippen LogP contribution < -0.4 is 10.1 Å². The zero-order valence-electron chi connectivity index (χ0n) is 9.65. The molecule has 2 rings (SSSR count). The molecule has 1 aromatic carbocycles. The zero-order valence-corrected chi connectivity index (χ0v) is 10.4. The number of likely N-dealkylation sites (N-methyl/N-ethyl adjacent to an activating group) is 1. The van der Waals surface area contributed by atoms with Crippen molar-refractivity contribution in [3.63, 3.8) is 0 Å². The number of halogens is 1. The molecule has 1 aliphatic rings. The van der Waals surface area contributed by atoms with Crippen molar-refractivity contribution in [2.45, 2.75) is 6.04 Å². The molecule has 1 heterocycles. The molecule has 0 atom stereocenters. The Morgan fingerprint density at radius 1 is 1.59 bits per heavy atom. The minimum absolute atomic E-state index is 0.0172. The van der Waals surface area contributed by atoms with Crippen LogP contribution >= 0.6 is 11.6 Å². The number of nitrogens with zero attached hydrogens (tertiary/aromatic N) is 1. The molecular weight excluding hydrogens is 240 g/mol. The number of amides is 1. The molecule has 1 saturated heterocycles. The molecule has 17 heavy (non-hydrogen) atoms. The van der Waals surface area contributed by atoms with Gasteiger partial charge in [0.2, 0.25) is 0 Å². The fourth-order valence-corrected chi connectivity index (χ4v) is 1.73. The highest BCUT2D eigenvalue weighted by atomic mass is 35.5. The number of nitrogens with one attached hydrogen (secondary N) is 1. The number of hydrogen-bond acceptors (Lipinski definition) is 3. The molecule has 4 nitrogen and oxygen atoms in total. The van der Waals surface area contributed by atoms with E-state index in [2.05, 4.69) is 5.32 Å². The van der Waals surface area contributed by atoms with Crippen LogP contribution in [0, 0.1) is 0 Å². The van der Waals surface area contributed by atoms with E-state index in [4.69, 9.17) is 16.3 Å². The van der Waals surface area contributed by atoms with Gasteiger partial charge in [0, 0.05) is 25.2 Å². The summed E-state index contributed by atoms with van der Waals surface area (Å²) in [6.45, 7) is 1.77. The average Bonchev–Trinajstić information content (AvgIpc) is 2.23. The molecule has 1 N–H and O–H groups in total. The van der Waals surface area contributed by atoms with E-state index >= 15 is 0 Å². The lowest BCUT2D eigenvalue weighted by Crippen LogP contribution is -2.58. The van der Waals surface area contributed by atoms with Crippen molar-refractivity contribution in [1.82, 2.24) is 10.2 Å². The third-order valence-corrected chi connectivity index (χ3v) is 3.09. The maximum atomic E-state index is 11.8. The highest BCUT2D eigenvalue weighted by molar-refractivity contribution is 6.30. The van der Waals surface area contributed by atoms with E-state index in [0.717, 1.165) is 13.1 Å². The Kier molecular flexibility index (Phi) is 3.86. The van der Waals surface area contributed by atoms with Crippen LogP contribution in [0.15, 0.2) is 24.3 Å². The van der Waals surface area contributed by atoms with Gasteiger partial charge in [0.05, 0.1) is 6.04 Å². The van der Waals surface area contributed by atoms with Gasteiger partial charge in [-0.15, -0.1) is 0 Å². The van der Waals surface area contributed by atoms with Crippen LogP contribution in [0.3, 0.4) is 0 Å². The first-order valence-electron chi connectivity index (χ1n) is 5.51. The van der Waals surface area contributed by atoms with E-state index in [0.29, 0.717) is 16.8 Å². The van der Waals surface area contributed by atoms with E-state index in [1.54, 1.807) is 36.2 Å². The minimum atomic E-state index is -0.0172. The van der Waals surface area contributed by atoms with Gasteiger partial charge in [-0.25, -0.2) is 0 Å². The van der Waals surface area contributed by atoms with Gasteiger partial charge in [-0.1, -0.05) is 17.7 Å². The molecule has 0 unspecified atom stereocenters. The standard InChI is InChI=1S/C12H15ClN2O2/c1-15(10-6-14-7-10)12(16)8-17-11-4-2-3-9(13)5-11/h2-5,10,14H,6-8H2,1H3. The van der Waals surface area contributed by atoms with Gasteiger partial charge in [0.15, 0.2) is 6.61 Å². The molecule has 0 bridgehead atoms. The molecule has 0 spiro atoms. The quantitative estimate of drug-likeness (QED) is 0.877. The largest absolute Gasteiger partial charge is 0.484 e. The van der Waals surface area contributed by atoms with Crippen LogP contribution in [0.5, 0.6) is 5.75 Å². The summed E-state index contributed by atoms with van der Waals surface area (Å²) in [5.41, 5.74) is 0. The number of carbonyl (C=O) groups is 1. The Labute approximate surface area is 106 Å². The van der Waals surface area contributed by atoms with E-state index in [-0.39, 0.29) is 12.5 Å². The van der Waals surface area contributed by atoms with Crippen molar-refractivity contribution >= 4 is 17.5 Å². The summed E-state index contributed by atoms with van der Waals surface area (Å²) in [5.74, 6) is 0.599. The third-order valence-electron chi connectivity index (χ3n) is 2.86. The summed E-state index contributed by atoms with van der Waals surface area (Å²) >= 11 is 5.82. The summed E-state index contributed by atoms with van der Waals surface area (Å²) in [6, 6.07) is 7.33. The first-order chi connectivity index (χ1) is 8.16. The molecular formula is C12H15ClN2O2. The first kappa shape index (κ1) is 12.2. The first-order valence-corrected chi connectivity index (χ1v) is 5.89. The van der Waals surface area contributed by atoms with Crippen LogP contribution in [0.1, 0.15) is 0 Å². The fraction of sp³-hybridized carbons (Fsp3) is 0.417. The molecule has 92 valence electrons. The van der Waals surface area contributed by atoms with Gasteiger partial charge in [0.1, 0.15) is 5.75 Å². The molecule has 0 saturated carbocycles. The molecule has 0 aromatic heterocycles. The van der Waals surface area contributed by atoms with Crippen LogP contribution in [0.4, 0.5) is 0 Å². The predicted molar refractivity (Wildman–Crippen MR) is 66.4 cm³/mol. The Morgan fingerprint density at radius 3 is 2.94 bits per heavy atom. The molecule has 1 fully saturated rings. The van der Waals surface area contributed by atoms with E-state index in [9.17, 15) is 4.79 Å². The number of ether oxygens (including phenoxy) is 1. The van der Waals surface area contributed by atoms with Crippen molar-refractivity contribution in [1.29, 1.82) is 0 Å². The Balaban J connectivity index is 1.83. The number of rotatable bonds is 4. The minimum Gasteiger partial charge on any atom is -0.484 e. The summed E-state index contributed by atoms with van der Waals surface area (Å²) < 4.78 is 5.39. The maximum Gasteiger partial charge on any atom is 0.260 e. The second kappa shape index (κ2) is 5.38. The van der Waals surface area contributed by atoms with Crippen LogP contribution in [-0.4, -0.2) is 43.6 Å². The Bertz CT molecular complexity index is 407. The van der Waals surface area contributed by atoms with Crippen molar-refractivity contribution in [2.24, 2.45) is 0 Å². The van der Waals surface area contributed by atoms with Gasteiger partial charge < -0.3 is 15.0 Å². The molecule has 0 radical (unpaired) electrons. The Morgan fingerprint density at radius 2 is 2.35 bits per heavy atom. The van der Waals surface area contributed by atoms with E-state index in [1.807, 2.05) is 0 Å². The van der Waals surface area contributed by atoms with Crippen molar-refractivity contribution < 1.29 is 9.53 Å². The Hall–Kier alpha value is -1.26. The number of benzene rings is 1. The second-order valence-corrected chi connectivity index (χ2v) is 4.50. The maximum absolute atomic E-state index is 11.8. The van der Waals surface area contributed by atoms with Crippen molar-refractivity contribution in [3.8, 4) is 5.75 Å². The summed E-state index contributed by atoms with van der Waals surface area (Å²) in [5, 5.41) is 3.73. The molecule has 1 amide bonds. The highest BCUT2D eigenvalue weighted by Crippen LogP contribution is 2.17. The monoisotopic (exact) mass is 254 g/mol. The van der Waals surface area contributed by atoms with Crippen LogP contribution in [-0.2, 0) is 4.79 Å². The number of carbonyl (C=O) groups excluding carboxylic acids is 1. The third kappa shape index (κ3) is 3.11. The predicted octanol–water partition coefficient (Wildman–Crippen LogP) is 1.15. The smallest absolute Gasteiger partial charge is 0.260 e. The SMILES string of the molecule is CN(C(=O)COc1cccc(Cl)c1)C1CNC1. The lowest BCUT2D eigenvalue weighted by atomic mass is 10.1. The summed E-state index contributed by atoms with van der Waals surface area (Å²) in [4.78, 5) is 13.5. The average molecular weight is 255 g/mol. The molecule has 1 aliphatic heterocycles. The second-order valence-electron chi connectivity index (χ2n) is 4.06. The topological polar surface area (TPSA) is 41.6 Å². The van der Waals surface area contributed by atoms with Gasteiger partial charge in [-0.2, -0.15) is 0 Å².